The molecule has 54 heavy (non-hydrogen) atoms. The van der Waals surface area contributed by atoms with Gasteiger partial charge in [0, 0.05) is 18.8 Å². The maximum Gasteiger partial charge on any atom is 0.472 e. The smallest absolute Gasteiger partial charge is 0.393 e. The number of amides is 1. The van der Waals surface area contributed by atoms with Crippen molar-refractivity contribution in [3.8, 4) is 0 Å². The molecule has 1 saturated carbocycles. The normalized spacial score (nSPS) is 22.3. The van der Waals surface area contributed by atoms with E-state index in [1.807, 2.05) is 33.3 Å². The van der Waals surface area contributed by atoms with Gasteiger partial charge in [0.15, 0.2) is 0 Å². The summed E-state index contributed by atoms with van der Waals surface area (Å²) >= 11 is 0. The highest BCUT2D eigenvalue weighted by Crippen LogP contribution is 2.43. The molecule has 316 valence electrons. The number of phosphoric ester groups is 1. The first-order chi connectivity index (χ1) is 25.7. The van der Waals surface area contributed by atoms with Crippen LogP contribution in [0.2, 0.25) is 0 Å². The zero-order chi connectivity index (χ0) is 40.2. The molecule has 1 unspecified atom stereocenters. The Kier molecular flexibility index (Phi) is 27.9. The number of likely N-dealkylation sites (N-methyl/N-ethyl adjacent to an activating group) is 1. The van der Waals surface area contributed by atoms with Crippen molar-refractivity contribution in [3.63, 3.8) is 0 Å². The summed E-state index contributed by atoms with van der Waals surface area (Å²) in [5.41, 5.74) is 0. The molecule has 1 fully saturated rings. The largest absolute Gasteiger partial charge is 0.472 e. The van der Waals surface area contributed by atoms with Gasteiger partial charge in [0.1, 0.15) is 13.2 Å². The molecule has 0 aromatic carbocycles. The van der Waals surface area contributed by atoms with E-state index in [1.54, 1.807) is 24.3 Å². The summed E-state index contributed by atoms with van der Waals surface area (Å²) in [7, 11) is 1.37. The van der Waals surface area contributed by atoms with Crippen LogP contribution in [-0.4, -0.2) is 107 Å². The topological polar surface area (TPSA) is 166 Å². The Morgan fingerprint density at radius 2 is 1.41 bits per heavy atom. The molecular formula is C42H80N2O9P+. The predicted octanol–water partition coefficient (Wildman–Crippen LogP) is 7.51. The number of hydrogen-bond acceptors (Lipinski definition) is 8. The highest BCUT2D eigenvalue weighted by atomic mass is 31.2. The fourth-order valence-electron chi connectivity index (χ4n) is 6.71. The minimum atomic E-state index is -4.43. The molecule has 0 saturated heterocycles. The molecule has 0 heterocycles. The molecule has 1 amide bonds. The summed E-state index contributed by atoms with van der Waals surface area (Å²) in [6.45, 7) is 4.41. The molecular weight excluding hydrogens is 707 g/mol. The van der Waals surface area contributed by atoms with E-state index in [4.69, 9.17) is 9.05 Å². The number of rotatable bonds is 33. The van der Waals surface area contributed by atoms with E-state index in [-0.39, 0.29) is 31.3 Å². The van der Waals surface area contributed by atoms with E-state index >= 15 is 0 Å². The Hall–Kier alpha value is -1.40. The zero-order valence-electron chi connectivity index (χ0n) is 34.5. The maximum absolute atomic E-state index is 13.0. The second kappa shape index (κ2) is 29.8. The molecule has 0 aromatic heterocycles. The second-order valence-electron chi connectivity index (χ2n) is 16.4. The molecule has 0 aliphatic heterocycles. The first-order valence-electron chi connectivity index (χ1n) is 21.1. The van der Waals surface area contributed by atoms with Crippen molar-refractivity contribution in [1.82, 2.24) is 5.32 Å². The van der Waals surface area contributed by atoms with Crippen molar-refractivity contribution in [3.05, 3.63) is 36.5 Å². The lowest BCUT2D eigenvalue weighted by Gasteiger charge is -2.25. The van der Waals surface area contributed by atoms with E-state index < -0.39 is 50.8 Å². The highest BCUT2D eigenvalue weighted by Gasteiger charge is 2.39. The summed E-state index contributed by atoms with van der Waals surface area (Å²) in [5.74, 6) is -0.977. The van der Waals surface area contributed by atoms with E-state index in [1.165, 1.54) is 64.2 Å². The first-order valence-corrected chi connectivity index (χ1v) is 22.6. The number of aliphatic hydroxyl groups excluding tert-OH is 4. The molecule has 12 heteroatoms. The molecule has 0 spiro atoms. The fraction of sp³-hybridized carbons (Fsp3) is 0.833. The summed E-state index contributed by atoms with van der Waals surface area (Å²) in [6, 6.07) is -0.989. The van der Waals surface area contributed by atoms with Crippen LogP contribution in [0.15, 0.2) is 36.5 Å². The van der Waals surface area contributed by atoms with Gasteiger partial charge in [-0.1, -0.05) is 140 Å². The predicted molar refractivity (Wildman–Crippen MR) is 219 cm³/mol. The maximum atomic E-state index is 13.0. The molecule has 11 nitrogen and oxygen atoms in total. The fourth-order valence-corrected chi connectivity index (χ4v) is 7.45. The van der Waals surface area contributed by atoms with Gasteiger partial charge in [-0.3, -0.25) is 13.8 Å². The standard InChI is InChI=1S/C42H79N2O9P/c1-6-8-10-11-12-13-14-15-16-17-18-19-20-22-27-39(46)38(34-53-54(50,51)52-32-31-44(3,4)5)43-42(49)28-24-23-26-36-37(41(48)33-40(36)47)30-29-35(45)25-21-9-7-2/h22-24,27,29-30,35-41,45-48H,6-21,25-26,28,31-34H2,1-5H3,(H-,43,49,50,51)/p+1/b24-23-,27-22+,30-29+/t35-,36+,37-,38+,39-,40+,41-/m1/s1. The van der Waals surface area contributed by atoms with Crippen LogP contribution in [0.1, 0.15) is 142 Å². The highest BCUT2D eigenvalue weighted by molar-refractivity contribution is 7.47. The van der Waals surface area contributed by atoms with Crippen LogP contribution in [-0.2, 0) is 18.4 Å². The number of allylic oxidation sites excluding steroid dienone is 2. The van der Waals surface area contributed by atoms with Gasteiger partial charge in [-0.2, -0.15) is 0 Å². The monoisotopic (exact) mass is 788 g/mol. The van der Waals surface area contributed by atoms with Crippen LogP contribution in [0.4, 0.5) is 0 Å². The number of carbonyl (C=O) groups excluding carboxylic acids is 1. The summed E-state index contributed by atoms with van der Waals surface area (Å²) < 4.78 is 23.5. The molecule has 1 rings (SSSR count). The van der Waals surface area contributed by atoms with Crippen molar-refractivity contribution >= 4 is 13.7 Å². The Morgan fingerprint density at radius 1 is 0.815 bits per heavy atom. The van der Waals surface area contributed by atoms with Crippen LogP contribution >= 0.6 is 7.82 Å². The molecule has 8 atom stereocenters. The van der Waals surface area contributed by atoms with Gasteiger partial charge in [0.05, 0.1) is 58.2 Å². The molecule has 0 aromatic rings. The van der Waals surface area contributed by atoms with Crippen molar-refractivity contribution in [2.45, 2.75) is 173 Å². The molecule has 0 radical (unpaired) electrons. The van der Waals surface area contributed by atoms with Crippen molar-refractivity contribution in [1.29, 1.82) is 0 Å². The minimum absolute atomic E-state index is 0.00348. The Balaban J connectivity index is 2.67. The molecule has 1 aliphatic carbocycles. The third kappa shape index (κ3) is 25.7. The van der Waals surface area contributed by atoms with Gasteiger partial charge in [-0.15, -0.1) is 0 Å². The van der Waals surface area contributed by atoms with Crippen LogP contribution < -0.4 is 5.32 Å². The third-order valence-corrected chi connectivity index (χ3v) is 11.2. The number of quaternary nitrogens is 1. The summed E-state index contributed by atoms with van der Waals surface area (Å²) in [4.78, 5) is 23.2. The Labute approximate surface area is 328 Å². The third-order valence-electron chi connectivity index (χ3n) is 10.2. The zero-order valence-corrected chi connectivity index (χ0v) is 35.4. The minimum Gasteiger partial charge on any atom is -0.393 e. The number of nitrogens with zero attached hydrogens (tertiary/aromatic N) is 1. The van der Waals surface area contributed by atoms with Crippen LogP contribution in [0, 0.1) is 11.8 Å². The van der Waals surface area contributed by atoms with Crippen molar-refractivity contribution in [2.75, 3.05) is 40.9 Å². The molecule has 0 bridgehead atoms. The van der Waals surface area contributed by atoms with Crippen LogP contribution in [0.3, 0.4) is 0 Å². The number of phosphoric acid groups is 1. The number of aliphatic hydroxyl groups is 4. The lowest BCUT2D eigenvalue weighted by atomic mass is 9.89. The van der Waals surface area contributed by atoms with Gasteiger partial charge in [0.25, 0.3) is 0 Å². The van der Waals surface area contributed by atoms with Crippen LogP contribution in [0.5, 0.6) is 0 Å². The average Bonchev–Trinajstić information content (AvgIpc) is 3.37. The number of unbranched alkanes of at least 4 members (excludes halogenated alkanes) is 14. The van der Waals surface area contributed by atoms with Gasteiger partial charge in [-0.05, 0) is 31.6 Å². The first kappa shape index (κ1) is 50.6. The quantitative estimate of drug-likeness (QED) is 0.0171. The average molecular weight is 788 g/mol. The van der Waals surface area contributed by atoms with Gasteiger partial charge in [-0.25, -0.2) is 4.57 Å². The van der Waals surface area contributed by atoms with E-state index in [9.17, 15) is 34.7 Å². The van der Waals surface area contributed by atoms with E-state index in [2.05, 4.69) is 19.2 Å². The van der Waals surface area contributed by atoms with Crippen molar-refractivity contribution in [2.24, 2.45) is 11.8 Å². The van der Waals surface area contributed by atoms with Gasteiger partial charge >= 0.3 is 7.82 Å². The number of nitrogens with one attached hydrogen (secondary N) is 1. The SMILES string of the molecule is CCCCCCCCCCCCCC/C=C/[C@@H](O)[C@H](COP(=O)(O)OCC[N+](C)(C)C)NC(=O)C/C=C\C[C@H]1[C@@H](/C=C/[C@H](O)CCCCC)[C@H](O)C[C@@H]1O. The van der Waals surface area contributed by atoms with Crippen LogP contribution in [0.25, 0.3) is 0 Å². The van der Waals surface area contributed by atoms with Gasteiger partial charge < -0.3 is 35.1 Å². The molecule has 6 N–H and O–H groups in total. The lowest BCUT2D eigenvalue weighted by Crippen LogP contribution is -2.45. The number of hydrogen-bond donors (Lipinski definition) is 6. The Bertz CT molecular complexity index is 1100. The van der Waals surface area contributed by atoms with E-state index in [0.29, 0.717) is 23.9 Å². The van der Waals surface area contributed by atoms with E-state index in [0.717, 1.165) is 38.5 Å². The molecule has 1 aliphatic rings. The Morgan fingerprint density at radius 3 is 2.02 bits per heavy atom. The van der Waals surface area contributed by atoms with Gasteiger partial charge in [0.2, 0.25) is 5.91 Å². The lowest BCUT2D eigenvalue weighted by molar-refractivity contribution is -0.870. The van der Waals surface area contributed by atoms with Crippen molar-refractivity contribution < 1.29 is 48.2 Å². The summed E-state index contributed by atoms with van der Waals surface area (Å²) in [6.07, 6.45) is 27.6. The second-order valence-corrected chi connectivity index (χ2v) is 17.8. The summed E-state index contributed by atoms with van der Waals surface area (Å²) in [5, 5.41) is 45.2. The number of carbonyl (C=O) groups is 1.